The van der Waals surface area contributed by atoms with Crippen molar-refractivity contribution in [2.45, 2.75) is 64.1 Å². The molecule has 0 amide bonds. The molecule has 38 heavy (non-hydrogen) atoms. The second-order valence-electron chi connectivity index (χ2n) is 10.7. The van der Waals surface area contributed by atoms with E-state index in [1.807, 2.05) is 11.0 Å². The first-order valence-corrected chi connectivity index (χ1v) is 13.8. The zero-order chi connectivity index (χ0) is 26.1. The van der Waals surface area contributed by atoms with Gasteiger partial charge in [0.2, 0.25) is 5.95 Å². The second kappa shape index (κ2) is 10.7. The highest BCUT2D eigenvalue weighted by molar-refractivity contribution is 5.84. The number of hydrogen-bond acceptors (Lipinski definition) is 8. The molecule has 2 fully saturated rings. The fourth-order valence-electron chi connectivity index (χ4n) is 5.39. The molecular formula is C28H37N9O. The number of ether oxygens (including phenoxy) is 1. The SMILES string of the molecule is CC(C)n1cnc2c(NCc3ccccc3-n3ccc(C4CCOCC4)n3)nc(N3CCC(N)CC3)nc21. The first-order valence-electron chi connectivity index (χ1n) is 13.8. The van der Waals surface area contributed by atoms with Crippen LogP contribution in [0.5, 0.6) is 0 Å². The van der Waals surface area contributed by atoms with Crippen molar-refractivity contribution in [2.75, 3.05) is 36.5 Å². The molecule has 10 nitrogen and oxygen atoms in total. The number of aromatic nitrogens is 6. The van der Waals surface area contributed by atoms with Gasteiger partial charge in [0, 0.05) is 57.0 Å². The maximum absolute atomic E-state index is 6.15. The number of nitrogens with zero attached hydrogens (tertiary/aromatic N) is 7. The summed E-state index contributed by atoms with van der Waals surface area (Å²) in [6.45, 7) is 8.22. The molecule has 2 aliphatic heterocycles. The number of piperidine rings is 1. The third-order valence-corrected chi connectivity index (χ3v) is 7.72. The molecule has 0 atom stereocenters. The van der Waals surface area contributed by atoms with Gasteiger partial charge in [-0.3, -0.25) is 0 Å². The first-order chi connectivity index (χ1) is 18.6. The van der Waals surface area contributed by atoms with Crippen molar-refractivity contribution in [2.24, 2.45) is 5.73 Å². The van der Waals surface area contributed by atoms with E-state index in [4.69, 9.17) is 30.5 Å². The van der Waals surface area contributed by atoms with E-state index in [0.717, 1.165) is 91.9 Å². The van der Waals surface area contributed by atoms with Gasteiger partial charge in [-0.25, -0.2) is 9.67 Å². The molecule has 2 saturated heterocycles. The summed E-state index contributed by atoms with van der Waals surface area (Å²) in [5.41, 5.74) is 11.1. The Labute approximate surface area is 223 Å². The lowest BCUT2D eigenvalue weighted by Crippen LogP contribution is -2.40. The Balaban J connectivity index is 1.29. The minimum absolute atomic E-state index is 0.246. The Morgan fingerprint density at radius 3 is 2.63 bits per heavy atom. The molecule has 4 aromatic rings. The van der Waals surface area contributed by atoms with Crippen LogP contribution in [0.3, 0.4) is 0 Å². The van der Waals surface area contributed by atoms with Crippen LogP contribution in [0.1, 0.15) is 62.7 Å². The summed E-state index contributed by atoms with van der Waals surface area (Å²) in [5.74, 6) is 1.94. The molecule has 10 heteroatoms. The Kier molecular flexibility index (Phi) is 6.99. The molecule has 0 bridgehead atoms. The van der Waals surface area contributed by atoms with E-state index in [1.54, 1.807) is 0 Å². The zero-order valence-corrected chi connectivity index (χ0v) is 22.3. The molecule has 6 rings (SSSR count). The van der Waals surface area contributed by atoms with Crippen LogP contribution in [0, 0.1) is 0 Å². The Bertz CT molecular complexity index is 1380. The van der Waals surface area contributed by atoms with E-state index < -0.39 is 0 Å². The molecule has 2 aliphatic rings. The van der Waals surface area contributed by atoms with E-state index in [9.17, 15) is 0 Å². The largest absolute Gasteiger partial charge is 0.381 e. The van der Waals surface area contributed by atoms with E-state index in [-0.39, 0.29) is 12.1 Å². The third kappa shape index (κ3) is 4.98. The summed E-state index contributed by atoms with van der Waals surface area (Å²) >= 11 is 0. The van der Waals surface area contributed by atoms with Crippen LogP contribution in [0.4, 0.5) is 11.8 Å². The van der Waals surface area contributed by atoms with E-state index in [2.05, 4.69) is 65.2 Å². The topological polar surface area (TPSA) is 112 Å². The van der Waals surface area contributed by atoms with Crippen LogP contribution in [0.25, 0.3) is 16.9 Å². The third-order valence-electron chi connectivity index (χ3n) is 7.72. The van der Waals surface area contributed by atoms with E-state index in [0.29, 0.717) is 12.5 Å². The quantitative estimate of drug-likeness (QED) is 0.380. The number of nitrogens with two attached hydrogens (primary N) is 1. The summed E-state index contributed by atoms with van der Waals surface area (Å²) in [7, 11) is 0. The van der Waals surface area contributed by atoms with Crippen LogP contribution in [0.2, 0.25) is 0 Å². The van der Waals surface area contributed by atoms with Crippen molar-refractivity contribution in [3.05, 3.63) is 54.1 Å². The van der Waals surface area contributed by atoms with E-state index >= 15 is 0 Å². The van der Waals surface area contributed by atoms with Gasteiger partial charge < -0.3 is 25.3 Å². The Morgan fingerprint density at radius 2 is 1.84 bits per heavy atom. The van der Waals surface area contributed by atoms with Crippen LogP contribution in [0.15, 0.2) is 42.9 Å². The average Bonchev–Trinajstić information content (AvgIpc) is 3.61. The second-order valence-corrected chi connectivity index (χ2v) is 10.7. The lowest BCUT2D eigenvalue weighted by Gasteiger charge is -2.30. The van der Waals surface area contributed by atoms with Crippen molar-refractivity contribution in [3.63, 3.8) is 0 Å². The smallest absolute Gasteiger partial charge is 0.229 e. The lowest BCUT2D eigenvalue weighted by molar-refractivity contribution is 0.0844. The van der Waals surface area contributed by atoms with Gasteiger partial charge in [-0.1, -0.05) is 18.2 Å². The molecule has 3 aromatic heterocycles. The maximum Gasteiger partial charge on any atom is 0.229 e. The standard InChI is InChI=1S/C28H37N9O/c1-19(2)36-18-31-25-26(32-28(33-27(25)36)35-12-7-22(29)8-13-35)30-17-21-5-3-4-6-24(21)37-14-9-23(34-37)20-10-15-38-16-11-20/h3-6,9,14,18-20,22H,7-8,10-13,15-17,29H2,1-2H3,(H,30,32,33). The van der Waals surface area contributed by atoms with Gasteiger partial charge in [-0.15, -0.1) is 0 Å². The summed E-state index contributed by atoms with van der Waals surface area (Å²) in [5, 5.41) is 8.54. The molecule has 0 spiro atoms. The Hall–Kier alpha value is -3.50. The van der Waals surface area contributed by atoms with Crippen LogP contribution in [-0.2, 0) is 11.3 Å². The molecule has 5 heterocycles. The highest BCUT2D eigenvalue weighted by Gasteiger charge is 2.23. The number of anilines is 2. The molecule has 0 unspecified atom stereocenters. The molecular weight excluding hydrogens is 478 g/mol. The monoisotopic (exact) mass is 515 g/mol. The Morgan fingerprint density at radius 1 is 1.05 bits per heavy atom. The van der Waals surface area contributed by atoms with Crippen LogP contribution < -0.4 is 16.0 Å². The van der Waals surface area contributed by atoms with Gasteiger partial charge >= 0.3 is 0 Å². The van der Waals surface area contributed by atoms with Crippen molar-refractivity contribution in [1.82, 2.24) is 29.3 Å². The van der Waals surface area contributed by atoms with Gasteiger partial charge in [-0.05, 0) is 57.2 Å². The molecule has 200 valence electrons. The first kappa shape index (κ1) is 24.8. The number of rotatable bonds is 7. The normalized spacial score (nSPS) is 17.5. The number of benzene rings is 1. The molecule has 0 radical (unpaired) electrons. The number of hydrogen-bond donors (Lipinski definition) is 2. The van der Waals surface area contributed by atoms with Crippen molar-refractivity contribution < 1.29 is 4.74 Å². The summed E-state index contributed by atoms with van der Waals surface area (Å²) in [6, 6.07) is 11.0. The lowest BCUT2D eigenvalue weighted by atomic mass is 9.97. The highest BCUT2D eigenvalue weighted by atomic mass is 16.5. The number of nitrogens with one attached hydrogen (secondary N) is 1. The summed E-state index contributed by atoms with van der Waals surface area (Å²) in [6.07, 6.45) is 7.87. The predicted octanol–water partition coefficient (Wildman–Crippen LogP) is 4.03. The zero-order valence-electron chi connectivity index (χ0n) is 22.3. The van der Waals surface area contributed by atoms with Gasteiger partial charge in [0.05, 0.1) is 17.7 Å². The molecule has 3 N–H and O–H groups in total. The number of fused-ring (bicyclic) bond motifs is 1. The minimum Gasteiger partial charge on any atom is -0.381 e. The molecule has 1 aromatic carbocycles. The van der Waals surface area contributed by atoms with Crippen molar-refractivity contribution in [1.29, 1.82) is 0 Å². The molecule has 0 saturated carbocycles. The van der Waals surface area contributed by atoms with Crippen molar-refractivity contribution in [3.8, 4) is 5.69 Å². The predicted molar refractivity (Wildman–Crippen MR) is 149 cm³/mol. The van der Waals surface area contributed by atoms with Crippen molar-refractivity contribution >= 4 is 22.9 Å². The van der Waals surface area contributed by atoms with Gasteiger partial charge in [-0.2, -0.15) is 15.1 Å². The summed E-state index contributed by atoms with van der Waals surface area (Å²) < 4.78 is 9.64. The summed E-state index contributed by atoms with van der Waals surface area (Å²) in [4.78, 5) is 16.8. The minimum atomic E-state index is 0.246. The fourth-order valence-corrected chi connectivity index (χ4v) is 5.39. The highest BCUT2D eigenvalue weighted by Crippen LogP contribution is 2.28. The van der Waals surface area contributed by atoms with Crippen LogP contribution in [-0.4, -0.2) is 61.6 Å². The van der Waals surface area contributed by atoms with Crippen LogP contribution >= 0.6 is 0 Å². The number of para-hydroxylation sites is 1. The fraction of sp³-hybridized carbons (Fsp3) is 0.500. The number of imidazole rings is 1. The van der Waals surface area contributed by atoms with Gasteiger partial charge in [0.25, 0.3) is 0 Å². The van der Waals surface area contributed by atoms with E-state index in [1.165, 1.54) is 0 Å². The molecule has 0 aliphatic carbocycles. The average molecular weight is 516 g/mol. The maximum atomic E-state index is 6.15. The van der Waals surface area contributed by atoms with Gasteiger partial charge in [0.1, 0.15) is 0 Å². The van der Waals surface area contributed by atoms with Gasteiger partial charge in [0.15, 0.2) is 17.0 Å².